The Kier molecular flexibility index (Phi) is 8.00. The molecule has 0 atom stereocenters. The Hall–Kier alpha value is -3.03. The molecule has 1 amide bonds. The minimum absolute atomic E-state index is 0.102. The Balaban J connectivity index is 1.87. The van der Waals surface area contributed by atoms with Gasteiger partial charge in [-0.15, -0.1) is 0 Å². The fourth-order valence-electron chi connectivity index (χ4n) is 3.30. The minimum atomic E-state index is -4.01. The lowest BCUT2D eigenvalue weighted by molar-refractivity contribution is -0.119. The Morgan fingerprint density at radius 3 is 2.42 bits per heavy atom. The van der Waals surface area contributed by atoms with Gasteiger partial charge in [0.25, 0.3) is 10.0 Å². The van der Waals surface area contributed by atoms with Crippen molar-refractivity contribution in [2.75, 3.05) is 17.5 Å². The van der Waals surface area contributed by atoms with Crippen LogP contribution in [-0.4, -0.2) is 27.5 Å². The third-order valence-corrected chi connectivity index (χ3v) is 7.29. The van der Waals surface area contributed by atoms with Crippen molar-refractivity contribution in [3.05, 3.63) is 88.4 Å². The number of anilines is 1. The van der Waals surface area contributed by atoms with E-state index in [1.165, 1.54) is 12.1 Å². The minimum Gasteiger partial charge on any atom is -0.494 e. The number of benzene rings is 3. The van der Waals surface area contributed by atoms with Crippen LogP contribution in [0.3, 0.4) is 0 Å². The first-order valence-electron chi connectivity index (χ1n) is 10.6. The van der Waals surface area contributed by atoms with Crippen LogP contribution in [0.2, 0.25) is 5.02 Å². The number of nitrogens with zero attached hydrogens (tertiary/aromatic N) is 1. The van der Waals surface area contributed by atoms with Crippen LogP contribution >= 0.6 is 11.6 Å². The lowest BCUT2D eigenvalue weighted by Crippen LogP contribution is -2.41. The normalized spacial score (nSPS) is 11.2. The highest BCUT2D eigenvalue weighted by molar-refractivity contribution is 7.92. The predicted octanol–water partition coefficient (Wildman–Crippen LogP) is 4.87. The summed E-state index contributed by atoms with van der Waals surface area (Å²) in [7, 11) is -4.01. The maximum atomic E-state index is 13.5. The molecule has 0 saturated carbocycles. The average molecular weight is 487 g/mol. The molecule has 0 spiro atoms. The van der Waals surface area contributed by atoms with Crippen molar-refractivity contribution in [2.24, 2.45) is 0 Å². The first-order chi connectivity index (χ1) is 15.7. The van der Waals surface area contributed by atoms with Gasteiger partial charge < -0.3 is 10.1 Å². The summed E-state index contributed by atoms with van der Waals surface area (Å²) in [5.41, 5.74) is 2.72. The third kappa shape index (κ3) is 6.06. The summed E-state index contributed by atoms with van der Waals surface area (Å²) in [6.07, 6.45) is 0. The quantitative estimate of drug-likeness (QED) is 0.468. The molecule has 0 saturated heterocycles. The van der Waals surface area contributed by atoms with E-state index in [1.54, 1.807) is 37.3 Å². The van der Waals surface area contributed by atoms with Gasteiger partial charge in [-0.05, 0) is 68.3 Å². The molecule has 0 heterocycles. The summed E-state index contributed by atoms with van der Waals surface area (Å²) < 4.78 is 33.6. The number of rotatable bonds is 9. The van der Waals surface area contributed by atoms with Gasteiger partial charge in [0, 0.05) is 11.6 Å². The number of aryl methyl sites for hydroxylation is 1. The van der Waals surface area contributed by atoms with Crippen molar-refractivity contribution < 1.29 is 17.9 Å². The lowest BCUT2D eigenvalue weighted by atomic mass is 10.2. The van der Waals surface area contributed by atoms with E-state index in [2.05, 4.69) is 5.32 Å². The van der Waals surface area contributed by atoms with E-state index in [0.717, 1.165) is 15.4 Å². The number of ether oxygens (including phenoxy) is 1. The first kappa shape index (κ1) is 24.6. The zero-order chi connectivity index (χ0) is 24.0. The molecule has 0 fully saturated rings. The van der Waals surface area contributed by atoms with Gasteiger partial charge in [-0.3, -0.25) is 9.10 Å². The summed E-state index contributed by atoms with van der Waals surface area (Å²) >= 11 is 6.26. The zero-order valence-electron chi connectivity index (χ0n) is 18.8. The molecular weight excluding hydrogens is 460 g/mol. The lowest BCUT2D eigenvalue weighted by Gasteiger charge is -2.26. The molecule has 3 aromatic carbocycles. The molecule has 0 aromatic heterocycles. The molecule has 0 aliphatic carbocycles. The molecule has 0 unspecified atom stereocenters. The van der Waals surface area contributed by atoms with Gasteiger partial charge in [-0.2, -0.15) is 0 Å². The van der Waals surface area contributed by atoms with Gasteiger partial charge in [-0.1, -0.05) is 47.5 Å². The van der Waals surface area contributed by atoms with Crippen LogP contribution in [0.5, 0.6) is 5.75 Å². The van der Waals surface area contributed by atoms with Gasteiger partial charge in [0.05, 0.1) is 17.2 Å². The van der Waals surface area contributed by atoms with Crippen LogP contribution in [0.4, 0.5) is 5.69 Å². The number of carbonyl (C=O) groups excluding carboxylic acids is 1. The second kappa shape index (κ2) is 10.7. The van der Waals surface area contributed by atoms with Crippen LogP contribution in [0.1, 0.15) is 23.6 Å². The van der Waals surface area contributed by atoms with Crippen LogP contribution in [-0.2, 0) is 21.4 Å². The second-order valence-corrected chi connectivity index (χ2v) is 9.84. The maximum Gasteiger partial charge on any atom is 0.264 e. The maximum absolute atomic E-state index is 13.5. The van der Waals surface area contributed by atoms with E-state index in [4.69, 9.17) is 16.3 Å². The molecule has 0 aliphatic rings. The van der Waals surface area contributed by atoms with E-state index in [9.17, 15) is 13.2 Å². The van der Waals surface area contributed by atoms with Crippen molar-refractivity contribution in [3.8, 4) is 5.75 Å². The Morgan fingerprint density at radius 2 is 1.73 bits per heavy atom. The van der Waals surface area contributed by atoms with Gasteiger partial charge >= 0.3 is 0 Å². The summed E-state index contributed by atoms with van der Waals surface area (Å²) in [5, 5.41) is 3.22. The molecule has 3 rings (SSSR count). The molecule has 3 aromatic rings. The second-order valence-electron chi connectivity index (χ2n) is 7.57. The van der Waals surface area contributed by atoms with Crippen molar-refractivity contribution >= 4 is 33.2 Å². The topological polar surface area (TPSA) is 75.7 Å². The highest BCUT2D eigenvalue weighted by Gasteiger charge is 2.28. The largest absolute Gasteiger partial charge is 0.494 e. The average Bonchev–Trinajstić information content (AvgIpc) is 2.79. The molecule has 33 heavy (non-hydrogen) atoms. The van der Waals surface area contributed by atoms with Crippen molar-refractivity contribution in [3.63, 3.8) is 0 Å². The fourth-order valence-corrected chi connectivity index (χ4v) is 4.95. The Bertz CT molecular complexity index is 1230. The predicted molar refractivity (Wildman–Crippen MR) is 131 cm³/mol. The SMILES string of the molecule is CCOc1cccc(CNC(=O)CN(c2cccc(Cl)c2C)S(=O)(=O)c2ccc(C)cc2)c1. The number of halogens is 1. The Labute approximate surface area is 200 Å². The Morgan fingerprint density at radius 1 is 1.03 bits per heavy atom. The molecule has 6 nitrogen and oxygen atoms in total. The molecule has 8 heteroatoms. The van der Waals surface area contributed by atoms with E-state index in [0.29, 0.717) is 28.6 Å². The van der Waals surface area contributed by atoms with E-state index in [1.807, 2.05) is 38.1 Å². The van der Waals surface area contributed by atoms with Gasteiger partial charge in [0.2, 0.25) is 5.91 Å². The number of sulfonamides is 1. The number of carbonyl (C=O) groups is 1. The number of amides is 1. The smallest absolute Gasteiger partial charge is 0.264 e. The van der Waals surface area contributed by atoms with E-state index < -0.39 is 15.9 Å². The molecule has 174 valence electrons. The first-order valence-corrected chi connectivity index (χ1v) is 12.4. The zero-order valence-corrected chi connectivity index (χ0v) is 20.4. The molecule has 1 N–H and O–H groups in total. The van der Waals surface area contributed by atoms with E-state index in [-0.39, 0.29) is 18.0 Å². The van der Waals surface area contributed by atoms with Crippen LogP contribution in [0, 0.1) is 13.8 Å². The van der Waals surface area contributed by atoms with Crippen LogP contribution in [0.15, 0.2) is 71.6 Å². The van der Waals surface area contributed by atoms with Crippen molar-refractivity contribution in [2.45, 2.75) is 32.2 Å². The molecule has 0 aliphatic heterocycles. The standard InChI is InChI=1S/C25H27ClN2O4S/c1-4-32-21-8-5-7-20(15-21)16-27-25(29)17-28(24-10-6-9-23(26)19(24)3)33(30,31)22-13-11-18(2)12-14-22/h5-15H,4,16-17H2,1-3H3,(H,27,29). The summed E-state index contributed by atoms with van der Waals surface area (Å²) in [5.74, 6) is 0.272. The highest BCUT2D eigenvalue weighted by atomic mass is 35.5. The highest BCUT2D eigenvalue weighted by Crippen LogP contribution is 2.30. The van der Waals surface area contributed by atoms with Gasteiger partial charge in [0.1, 0.15) is 12.3 Å². The van der Waals surface area contributed by atoms with Crippen LogP contribution in [0.25, 0.3) is 0 Å². The molecule has 0 bridgehead atoms. The third-order valence-electron chi connectivity index (χ3n) is 5.10. The summed E-state index contributed by atoms with van der Waals surface area (Å²) in [6, 6.07) is 18.9. The monoisotopic (exact) mass is 486 g/mol. The van der Waals surface area contributed by atoms with Crippen molar-refractivity contribution in [1.82, 2.24) is 5.32 Å². The fraction of sp³-hybridized carbons (Fsp3) is 0.240. The number of nitrogens with one attached hydrogen (secondary N) is 1. The summed E-state index contributed by atoms with van der Waals surface area (Å²) in [6.45, 7) is 5.90. The van der Waals surface area contributed by atoms with Crippen molar-refractivity contribution in [1.29, 1.82) is 0 Å². The summed E-state index contributed by atoms with van der Waals surface area (Å²) in [4.78, 5) is 13.0. The molecular formula is C25H27ClN2O4S. The van der Waals surface area contributed by atoms with E-state index >= 15 is 0 Å². The molecule has 0 radical (unpaired) electrons. The van der Waals surface area contributed by atoms with Gasteiger partial charge in [0.15, 0.2) is 0 Å². The van der Waals surface area contributed by atoms with Crippen LogP contribution < -0.4 is 14.4 Å². The number of hydrogen-bond donors (Lipinski definition) is 1. The van der Waals surface area contributed by atoms with Gasteiger partial charge in [-0.25, -0.2) is 8.42 Å². The number of hydrogen-bond acceptors (Lipinski definition) is 4.